The van der Waals surface area contributed by atoms with E-state index in [-0.39, 0.29) is 5.41 Å². The van der Waals surface area contributed by atoms with E-state index in [9.17, 15) is 4.79 Å². The van der Waals surface area contributed by atoms with E-state index in [1.165, 1.54) is 6.42 Å². The van der Waals surface area contributed by atoms with Crippen molar-refractivity contribution < 1.29 is 4.79 Å². The van der Waals surface area contributed by atoms with Crippen molar-refractivity contribution in [2.45, 2.75) is 45.4 Å². The van der Waals surface area contributed by atoms with Crippen LogP contribution in [0.15, 0.2) is 24.3 Å². The summed E-state index contributed by atoms with van der Waals surface area (Å²) in [6, 6.07) is 8.26. The Bertz CT molecular complexity index is 777. The molecule has 1 unspecified atom stereocenters. The van der Waals surface area contributed by atoms with E-state index < -0.39 is 0 Å². The summed E-state index contributed by atoms with van der Waals surface area (Å²) in [4.78, 5) is 17.1. The highest BCUT2D eigenvalue weighted by molar-refractivity contribution is 5.76. The van der Waals surface area contributed by atoms with Gasteiger partial charge in [0.1, 0.15) is 0 Å². The van der Waals surface area contributed by atoms with E-state index in [1.807, 2.05) is 12.1 Å². The van der Waals surface area contributed by atoms with Crippen LogP contribution in [0.3, 0.4) is 0 Å². The number of rotatable bonds is 5. The first-order valence-corrected chi connectivity index (χ1v) is 10.1. The van der Waals surface area contributed by atoms with Crippen molar-refractivity contribution in [3.05, 3.63) is 24.3 Å². The number of piperidine rings is 1. The number of amides is 1. The van der Waals surface area contributed by atoms with Crippen LogP contribution < -0.4 is 4.90 Å². The van der Waals surface area contributed by atoms with Crippen LogP contribution in [0.4, 0.5) is 5.69 Å². The Hall–Kier alpha value is -2.44. The summed E-state index contributed by atoms with van der Waals surface area (Å²) in [5.74, 6) is 0.966. The number of unbranched alkanes of at least 4 members (excludes halogenated alkanes) is 1. The topological polar surface area (TPSA) is 78.0 Å². The highest BCUT2D eigenvalue weighted by atomic mass is 16.2. The molecule has 4 rings (SSSR count). The highest BCUT2D eigenvalue weighted by Gasteiger charge is 2.42. The zero-order chi connectivity index (χ0) is 18.7. The predicted octanol–water partition coefficient (Wildman–Crippen LogP) is 2.88. The molecule has 1 aromatic heterocycles. The van der Waals surface area contributed by atoms with E-state index in [1.54, 1.807) is 0 Å². The largest absolute Gasteiger partial charge is 0.370 e. The van der Waals surface area contributed by atoms with Crippen LogP contribution in [-0.4, -0.2) is 57.6 Å². The Balaban J connectivity index is 1.50. The molecular formula is C20H28N6O. The number of anilines is 1. The van der Waals surface area contributed by atoms with Gasteiger partial charge in [0.05, 0.1) is 0 Å². The lowest BCUT2D eigenvalue weighted by Gasteiger charge is -2.40. The first-order valence-electron chi connectivity index (χ1n) is 10.1. The lowest BCUT2D eigenvalue weighted by molar-refractivity contribution is -0.134. The van der Waals surface area contributed by atoms with E-state index in [4.69, 9.17) is 0 Å². The Labute approximate surface area is 160 Å². The van der Waals surface area contributed by atoms with E-state index in [0.29, 0.717) is 18.2 Å². The van der Waals surface area contributed by atoms with E-state index >= 15 is 0 Å². The van der Waals surface area contributed by atoms with Crippen LogP contribution >= 0.6 is 0 Å². The van der Waals surface area contributed by atoms with Gasteiger partial charge in [0.15, 0.2) is 0 Å². The number of hydrogen-bond acceptors (Lipinski definition) is 5. The van der Waals surface area contributed by atoms with Crippen molar-refractivity contribution in [3.63, 3.8) is 0 Å². The molecular weight excluding hydrogens is 340 g/mol. The summed E-state index contributed by atoms with van der Waals surface area (Å²) in [5, 5.41) is 14.6. The van der Waals surface area contributed by atoms with Crippen molar-refractivity contribution in [2.24, 2.45) is 5.41 Å². The molecule has 2 aliphatic heterocycles. The Morgan fingerprint density at radius 1 is 1.22 bits per heavy atom. The van der Waals surface area contributed by atoms with Crippen LogP contribution in [0.25, 0.3) is 11.4 Å². The van der Waals surface area contributed by atoms with E-state index in [0.717, 1.165) is 63.1 Å². The van der Waals surface area contributed by atoms with Crippen molar-refractivity contribution in [2.75, 3.05) is 31.1 Å². The molecule has 1 amide bonds. The summed E-state index contributed by atoms with van der Waals surface area (Å²) in [6.07, 6.45) is 6.20. The number of carbonyl (C=O) groups excluding carboxylic acids is 1. The van der Waals surface area contributed by atoms with E-state index in [2.05, 4.69) is 49.5 Å². The number of aromatic amines is 1. The smallest absolute Gasteiger partial charge is 0.222 e. The normalized spacial score (nSPS) is 22.6. The molecule has 2 saturated heterocycles. The van der Waals surface area contributed by atoms with Crippen molar-refractivity contribution in [1.82, 2.24) is 25.5 Å². The number of H-pyrrole nitrogens is 1. The summed E-state index contributed by atoms with van der Waals surface area (Å²) in [6.45, 7) is 5.95. The molecule has 0 radical (unpaired) electrons. The van der Waals surface area contributed by atoms with Gasteiger partial charge >= 0.3 is 0 Å². The second-order valence-corrected chi connectivity index (χ2v) is 7.95. The third-order valence-corrected chi connectivity index (χ3v) is 6.03. The molecule has 1 spiro atoms. The first-order chi connectivity index (χ1) is 13.2. The van der Waals surface area contributed by atoms with Gasteiger partial charge in [0.25, 0.3) is 0 Å². The van der Waals surface area contributed by atoms with Crippen LogP contribution in [0.2, 0.25) is 0 Å². The van der Waals surface area contributed by atoms with Gasteiger partial charge in [-0.3, -0.25) is 4.79 Å². The molecule has 7 heteroatoms. The maximum absolute atomic E-state index is 12.5. The Morgan fingerprint density at radius 2 is 2.11 bits per heavy atom. The minimum absolute atomic E-state index is 0.213. The first kappa shape index (κ1) is 17.9. The number of aromatic nitrogens is 4. The Kier molecular flexibility index (Phi) is 5.09. The summed E-state index contributed by atoms with van der Waals surface area (Å²) in [7, 11) is 0. The molecule has 1 aromatic carbocycles. The zero-order valence-corrected chi connectivity index (χ0v) is 16.0. The molecule has 144 valence electrons. The molecule has 2 fully saturated rings. The highest BCUT2D eigenvalue weighted by Crippen LogP contribution is 2.42. The van der Waals surface area contributed by atoms with Gasteiger partial charge in [-0.1, -0.05) is 25.5 Å². The quantitative estimate of drug-likeness (QED) is 0.878. The fourth-order valence-corrected chi connectivity index (χ4v) is 4.60. The number of nitrogens with zero attached hydrogens (tertiary/aromatic N) is 5. The van der Waals surface area contributed by atoms with Crippen LogP contribution in [0.1, 0.15) is 45.4 Å². The molecule has 0 aliphatic carbocycles. The molecule has 7 nitrogen and oxygen atoms in total. The zero-order valence-electron chi connectivity index (χ0n) is 16.0. The third kappa shape index (κ3) is 3.68. The molecule has 27 heavy (non-hydrogen) atoms. The fourth-order valence-electron chi connectivity index (χ4n) is 4.60. The number of tetrazole rings is 1. The molecule has 2 aromatic rings. The lowest BCUT2D eigenvalue weighted by Crippen LogP contribution is -2.47. The minimum atomic E-state index is 0.213. The van der Waals surface area contributed by atoms with Crippen molar-refractivity contribution >= 4 is 11.6 Å². The molecule has 0 bridgehead atoms. The maximum Gasteiger partial charge on any atom is 0.222 e. The summed E-state index contributed by atoms with van der Waals surface area (Å²) in [5.41, 5.74) is 2.38. The second kappa shape index (κ2) is 7.66. The lowest BCUT2D eigenvalue weighted by atomic mass is 9.79. The molecule has 1 N–H and O–H groups in total. The van der Waals surface area contributed by atoms with Gasteiger partial charge in [-0.05, 0) is 43.0 Å². The monoisotopic (exact) mass is 368 g/mol. The van der Waals surface area contributed by atoms with Gasteiger partial charge in [-0.2, -0.15) is 5.21 Å². The molecule has 0 saturated carbocycles. The summed E-state index contributed by atoms with van der Waals surface area (Å²) >= 11 is 0. The number of likely N-dealkylation sites (tertiary alicyclic amines) is 1. The Morgan fingerprint density at radius 3 is 2.93 bits per heavy atom. The van der Waals surface area contributed by atoms with Gasteiger partial charge < -0.3 is 9.80 Å². The second-order valence-electron chi connectivity index (χ2n) is 7.95. The average Bonchev–Trinajstić information content (AvgIpc) is 3.37. The number of nitrogens with one attached hydrogen (secondary N) is 1. The van der Waals surface area contributed by atoms with Crippen LogP contribution in [0, 0.1) is 5.41 Å². The van der Waals surface area contributed by atoms with Crippen molar-refractivity contribution in [3.8, 4) is 11.4 Å². The number of carbonyl (C=O) groups is 1. The number of hydrogen-bond donors (Lipinski definition) is 1. The van der Waals surface area contributed by atoms with Gasteiger partial charge in [-0.25, -0.2) is 0 Å². The SMILES string of the molecule is CCCCC(=O)N1CCCC2(CCN(c3ccccc3-c3nn[nH]n3)C2)C1. The third-order valence-electron chi connectivity index (χ3n) is 6.03. The molecule has 1 atom stereocenters. The van der Waals surface area contributed by atoms with Gasteiger partial charge in [-0.15, -0.1) is 10.2 Å². The minimum Gasteiger partial charge on any atom is -0.370 e. The van der Waals surface area contributed by atoms with Gasteiger partial charge in [0, 0.05) is 49.3 Å². The average molecular weight is 368 g/mol. The predicted molar refractivity (Wildman–Crippen MR) is 104 cm³/mol. The maximum atomic E-state index is 12.5. The molecule has 2 aliphatic rings. The van der Waals surface area contributed by atoms with Gasteiger partial charge in [0.2, 0.25) is 11.7 Å². The standard InChI is InChI=1S/C20H28N6O/c1-2-3-9-18(27)26-12-6-10-20(15-26)11-13-25(14-20)17-8-5-4-7-16(17)19-21-23-24-22-19/h4-5,7-8H,2-3,6,9-15H2,1H3,(H,21,22,23,24). The summed E-state index contributed by atoms with van der Waals surface area (Å²) < 4.78 is 0. The number of benzene rings is 1. The number of para-hydroxylation sites is 1. The van der Waals surface area contributed by atoms with Crippen LogP contribution in [0.5, 0.6) is 0 Å². The molecule has 3 heterocycles. The van der Waals surface area contributed by atoms with Crippen molar-refractivity contribution in [1.29, 1.82) is 0 Å². The van der Waals surface area contributed by atoms with Crippen LogP contribution in [-0.2, 0) is 4.79 Å². The fraction of sp³-hybridized carbons (Fsp3) is 0.600.